The van der Waals surface area contributed by atoms with Gasteiger partial charge in [-0.1, -0.05) is 36.4 Å². The van der Waals surface area contributed by atoms with E-state index in [4.69, 9.17) is 4.98 Å². The summed E-state index contributed by atoms with van der Waals surface area (Å²) in [5, 5.41) is 0. The highest BCUT2D eigenvalue weighted by Crippen LogP contribution is 2.25. The molecule has 8 heteroatoms. The Morgan fingerprint density at radius 1 is 0.703 bits per heavy atom. The highest BCUT2D eigenvalue weighted by molar-refractivity contribution is 5.95. The number of Topliss-reactive ketones (excluding diaryl/α,β-unsaturated/α-hetero) is 1. The van der Waals surface area contributed by atoms with E-state index in [1.807, 2.05) is 48.7 Å². The summed E-state index contributed by atoms with van der Waals surface area (Å²) in [4.78, 5) is 39.3. The molecule has 5 aromatic rings. The van der Waals surface area contributed by atoms with Gasteiger partial charge in [-0.05, 0) is 41.0 Å². The summed E-state index contributed by atoms with van der Waals surface area (Å²) >= 11 is 0. The molecule has 0 bridgehead atoms. The Bertz CT molecular complexity index is 1520. The predicted molar refractivity (Wildman–Crippen MR) is 144 cm³/mol. The Kier molecular flexibility index (Phi) is 6.21. The van der Waals surface area contributed by atoms with Crippen LogP contribution in [0.15, 0.2) is 91.6 Å². The average Bonchev–Trinajstić information content (AvgIpc) is 2.98. The van der Waals surface area contributed by atoms with E-state index in [1.54, 1.807) is 30.9 Å². The molecule has 3 aromatic heterocycles. The Morgan fingerprint density at radius 2 is 1.49 bits per heavy atom. The zero-order valence-corrected chi connectivity index (χ0v) is 20.2. The number of pyridine rings is 1. The summed E-state index contributed by atoms with van der Waals surface area (Å²) in [6, 6.07) is 19.6. The van der Waals surface area contributed by atoms with Crippen LogP contribution in [0.25, 0.3) is 22.2 Å². The summed E-state index contributed by atoms with van der Waals surface area (Å²) in [5.74, 6) is 1.80. The molecule has 0 radical (unpaired) electrons. The quantitative estimate of drug-likeness (QED) is 0.329. The van der Waals surface area contributed by atoms with E-state index in [9.17, 15) is 4.79 Å². The molecule has 0 N–H and O–H groups in total. The van der Waals surface area contributed by atoms with Crippen LogP contribution in [0.2, 0.25) is 0 Å². The second-order valence-corrected chi connectivity index (χ2v) is 8.98. The molecule has 0 saturated carbocycles. The number of nitrogens with zero attached hydrogens (tertiary/aromatic N) is 7. The number of ketones is 1. The fourth-order valence-electron chi connectivity index (χ4n) is 4.57. The summed E-state index contributed by atoms with van der Waals surface area (Å²) in [5.41, 5.74) is 5.31. The van der Waals surface area contributed by atoms with E-state index in [-0.39, 0.29) is 5.78 Å². The van der Waals surface area contributed by atoms with Crippen LogP contribution >= 0.6 is 0 Å². The predicted octanol–water partition coefficient (Wildman–Crippen LogP) is 4.23. The molecule has 8 nitrogen and oxygen atoms in total. The third-order valence-electron chi connectivity index (χ3n) is 6.61. The molecule has 0 unspecified atom stereocenters. The first-order valence-electron chi connectivity index (χ1n) is 12.3. The molecular formula is C29H25N7O. The minimum absolute atomic E-state index is 0.0133. The van der Waals surface area contributed by atoms with Crippen LogP contribution in [0, 0.1) is 0 Å². The maximum Gasteiger partial charge on any atom is 0.185 e. The van der Waals surface area contributed by atoms with Gasteiger partial charge in [0, 0.05) is 51.2 Å². The lowest BCUT2D eigenvalue weighted by Gasteiger charge is -2.35. The lowest BCUT2D eigenvalue weighted by molar-refractivity contribution is 0.0988. The van der Waals surface area contributed by atoms with Gasteiger partial charge >= 0.3 is 0 Å². The van der Waals surface area contributed by atoms with Crippen molar-refractivity contribution in [2.45, 2.75) is 6.42 Å². The zero-order valence-electron chi connectivity index (χ0n) is 20.2. The number of carbonyl (C=O) groups excluding carboxylic acids is 1. The van der Waals surface area contributed by atoms with E-state index in [0.29, 0.717) is 12.1 Å². The molecule has 37 heavy (non-hydrogen) atoms. The molecule has 0 amide bonds. The second-order valence-electron chi connectivity index (χ2n) is 8.98. The van der Waals surface area contributed by atoms with E-state index < -0.39 is 0 Å². The van der Waals surface area contributed by atoms with Gasteiger partial charge < -0.3 is 9.80 Å². The first kappa shape index (κ1) is 22.7. The average molecular weight is 488 g/mol. The standard InChI is InChI=1S/C29H25N7O/c37-27(25-3-1-2-10-31-25)17-21-4-6-22(7-5-21)23-8-9-24-26(18-23)34-29(20-33-24)36-15-13-35(14-16-36)28-19-30-11-12-32-28/h1-12,18-20H,13-17H2. The van der Waals surface area contributed by atoms with Gasteiger partial charge in [0.2, 0.25) is 0 Å². The molecule has 0 spiro atoms. The minimum atomic E-state index is 0.0133. The van der Waals surface area contributed by atoms with Crippen molar-refractivity contribution in [1.82, 2.24) is 24.9 Å². The molecule has 0 atom stereocenters. The second kappa shape index (κ2) is 10.1. The number of hydrogen-bond donors (Lipinski definition) is 0. The molecule has 6 rings (SSSR count). The number of benzene rings is 2. The van der Waals surface area contributed by atoms with Gasteiger partial charge in [0.25, 0.3) is 0 Å². The van der Waals surface area contributed by atoms with Gasteiger partial charge in [-0.25, -0.2) is 9.97 Å². The molecule has 2 aromatic carbocycles. The first-order chi connectivity index (χ1) is 18.2. The number of fused-ring (bicyclic) bond motifs is 1. The van der Waals surface area contributed by atoms with E-state index in [2.05, 4.69) is 41.9 Å². The van der Waals surface area contributed by atoms with Crippen LogP contribution in [0.3, 0.4) is 0 Å². The fourth-order valence-corrected chi connectivity index (χ4v) is 4.57. The molecule has 1 aliphatic rings. The summed E-state index contributed by atoms with van der Waals surface area (Å²) in [6.45, 7) is 3.39. The highest BCUT2D eigenvalue weighted by atomic mass is 16.1. The van der Waals surface area contributed by atoms with Crippen molar-refractivity contribution in [3.63, 3.8) is 0 Å². The number of piperazine rings is 1. The van der Waals surface area contributed by atoms with E-state index >= 15 is 0 Å². The number of aromatic nitrogens is 5. The van der Waals surface area contributed by atoms with Crippen molar-refractivity contribution in [2.24, 2.45) is 0 Å². The molecular weight excluding hydrogens is 462 g/mol. The van der Waals surface area contributed by atoms with E-state index in [0.717, 1.165) is 65.5 Å². The highest BCUT2D eigenvalue weighted by Gasteiger charge is 2.20. The number of rotatable bonds is 6. The van der Waals surface area contributed by atoms with Gasteiger partial charge in [-0.15, -0.1) is 0 Å². The molecule has 1 saturated heterocycles. The van der Waals surface area contributed by atoms with Crippen LogP contribution in [0.5, 0.6) is 0 Å². The third kappa shape index (κ3) is 4.99. The van der Waals surface area contributed by atoms with Gasteiger partial charge in [0.05, 0.1) is 23.4 Å². The monoisotopic (exact) mass is 487 g/mol. The zero-order chi connectivity index (χ0) is 25.0. The fraction of sp³-hybridized carbons (Fsp3) is 0.172. The van der Waals surface area contributed by atoms with Crippen molar-refractivity contribution in [3.8, 4) is 11.1 Å². The van der Waals surface area contributed by atoms with Crippen LogP contribution in [-0.4, -0.2) is 56.9 Å². The van der Waals surface area contributed by atoms with Crippen molar-refractivity contribution < 1.29 is 4.79 Å². The van der Waals surface area contributed by atoms with Gasteiger partial charge in [0.1, 0.15) is 17.3 Å². The Hall–Kier alpha value is -4.72. The molecule has 1 fully saturated rings. The van der Waals surface area contributed by atoms with Gasteiger partial charge in [0.15, 0.2) is 5.78 Å². The molecule has 182 valence electrons. The number of anilines is 2. The van der Waals surface area contributed by atoms with Crippen molar-refractivity contribution in [3.05, 3.63) is 103 Å². The number of carbonyl (C=O) groups is 1. The smallest absolute Gasteiger partial charge is 0.185 e. The molecule has 0 aliphatic carbocycles. The maximum atomic E-state index is 12.5. The van der Waals surface area contributed by atoms with Crippen LogP contribution < -0.4 is 9.80 Å². The first-order valence-corrected chi connectivity index (χ1v) is 12.3. The topological polar surface area (TPSA) is 88.0 Å². The van der Waals surface area contributed by atoms with Crippen LogP contribution in [0.4, 0.5) is 11.6 Å². The van der Waals surface area contributed by atoms with Crippen molar-refractivity contribution in [1.29, 1.82) is 0 Å². The molecule has 4 heterocycles. The Morgan fingerprint density at radius 3 is 2.22 bits per heavy atom. The van der Waals surface area contributed by atoms with E-state index in [1.165, 1.54) is 0 Å². The summed E-state index contributed by atoms with van der Waals surface area (Å²) in [6.07, 6.45) is 9.05. The number of hydrogen-bond acceptors (Lipinski definition) is 8. The van der Waals surface area contributed by atoms with Gasteiger partial charge in [-0.3, -0.25) is 19.7 Å². The third-order valence-corrected chi connectivity index (χ3v) is 6.61. The van der Waals surface area contributed by atoms with Gasteiger partial charge in [-0.2, -0.15) is 0 Å². The Labute approximate surface area is 214 Å². The Balaban J connectivity index is 1.16. The van der Waals surface area contributed by atoms with Crippen molar-refractivity contribution >= 4 is 28.5 Å². The lowest BCUT2D eigenvalue weighted by atomic mass is 10.0. The SMILES string of the molecule is O=C(Cc1ccc(-c2ccc3ncc(N4CCN(c5cnccn5)CC4)nc3c2)cc1)c1ccccn1. The van der Waals surface area contributed by atoms with Crippen molar-refractivity contribution in [2.75, 3.05) is 36.0 Å². The molecule has 1 aliphatic heterocycles. The largest absolute Gasteiger partial charge is 0.352 e. The van der Waals surface area contributed by atoms with Crippen LogP contribution in [-0.2, 0) is 6.42 Å². The normalized spacial score (nSPS) is 13.6. The van der Waals surface area contributed by atoms with Crippen LogP contribution in [0.1, 0.15) is 16.1 Å². The summed E-state index contributed by atoms with van der Waals surface area (Å²) < 4.78 is 0. The summed E-state index contributed by atoms with van der Waals surface area (Å²) in [7, 11) is 0. The lowest BCUT2D eigenvalue weighted by Crippen LogP contribution is -2.47. The maximum absolute atomic E-state index is 12.5. The minimum Gasteiger partial charge on any atom is -0.352 e.